The first-order valence-corrected chi connectivity index (χ1v) is 8.51. The minimum absolute atomic E-state index is 0.234. The minimum Gasteiger partial charge on any atom is -0.322 e. The van der Waals surface area contributed by atoms with Gasteiger partial charge in [-0.05, 0) is 48.5 Å². The van der Waals surface area contributed by atoms with Crippen molar-refractivity contribution < 1.29 is 4.79 Å². The van der Waals surface area contributed by atoms with Gasteiger partial charge in [0.1, 0.15) is 5.69 Å². The highest BCUT2D eigenvalue weighted by Crippen LogP contribution is 2.29. The number of nitrogens with one attached hydrogen (secondary N) is 1. The van der Waals surface area contributed by atoms with Crippen LogP contribution in [-0.4, -0.2) is 20.9 Å². The van der Waals surface area contributed by atoms with E-state index in [2.05, 4.69) is 20.3 Å². The molecule has 1 N–H and O–H groups in total. The van der Waals surface area contributed by atoms with Crippen molar-refractivity contribution in [3.05, 3.63) is 97.0 Å². The number of aromatic nitrogens is 3. The van der Waals surface area contributed by atoms with E-state index in [9.17, 15) is 4.79 Å². The summed E-state index contributed by atoms with van der Waals surface area (Å²) in [6, 6.07) is 22.3. The summed E-state index contributed by atoms with van der Waals surface area (Å²) < 4.78 is 0. The van der Waals surface area contributed by atoms with E-state index in [4.69, 9.17) is 0 Å². The zero-order valence-electron chi connectivity index (χ0n) is 14.4. The molecule has 0 radical (unpaired) electrons. The van der Waals surface area contributed by atoms with Crippen molar-refractivity contribution in [2.45, 2.75) is 0 Å². The Balaban J connectivity index is 1.78. The van der Waals surface area contributed by atoms with Crippen molar-refractivity contribution in [2.24, 2.45) is 0 Å². The van der Waals surface area contributed by atoms with Gasteiger partial charge in [0.05, 0.1) is 17.0 Å². The molecule has 0 atom stereocenters. The summed E-state index contributed by atoms with van der Waals surface area (Å²) in [4.78, 5) is 26.2. The maximum Gasteiger partial charge on any atom is 0.257 e. The van der Waals surface area contributed by atoms with E-state index in [1.807, 2.05) is 60.7 Å². The highest BCUT2D eigenvalue weighted by atomic mass is 16.1. The number of amides is 1. The summed E-state index contributed by atoms with van der Waals surface area (Å²) in [6.45, 7) is 0. The van der Waals surface area contributed by atoms with Crippen LogP contribution in [0.2, 0.25) is 0 Å². The van der Waals surface area contributed by atoms with Crippen molar-refractivity contribution in [1.82, 2.24) is 15.0 Å². The van der Waals surface area contributed by atoms with Crippen LogP contribution >= 0.6 is 0 Å². The van der Waals surface area contributed by atoms with Crippen LogP contribution in [0.25, 0.3) is 22.6 Å². The average molecular weight is 352 g/mol. The Morgan fingerprint density at radius 3 is 2.15 bits per heavy atom. The fourth-order valence-electron chi connectivity index (χ4n) is 2.82. The van der Waals surface area contributed by atoms with Gasteiger partial charge in [0.15, 0.2) is 0 Å². The first kappa shape index (κ1) is 16.6. The number of rotatable bonds is 4. The Morgan fingerprint density at radius 2 is 1.37 bits per heavy atom. The highest BCUT2D eigenvalue weighted by Gasteiger charge is 2.18. The highest BCUT2D eigenvalue weighted by molar-refractivity contribution is 6.08. The van der Waals surface area contributed by atoms with Crippen molar-refractivity contribution in [1.29, 1.82) is 0 Å². The SMILES string of the molecule is O=C(Nc1ccccc1)c1cccnc1-c1ncccc1-c1ccccn1. The predicted molar refractivity (Wildman–Crippen MR) is 105 cm³/mol. The third kappa shape index (κ3) is 3.57. The van der Waals surface area contributed by atoms with Gasteiger partial charge in [-0.2, -0.15) is 0 Å². The number of nitrogens with zero attached hydrogens (tertiary/aromatic N) is 3. The van der Waals surface area contributed by atoms with E-state index in [0.717, 1.165) is 16.9 Å². The Morgan fingerprint density at radius 1 is 0.667 bits per heavy atom. The molecule has 5 nitrogen and oxygen atoms in total. The Kier molecular flexibility index (Phi) is 4.66. The molecule has 0 saturated heterocycles. The zero-order valence-corrected chi connectivity index (χ0v) is 14.4. The van der Waals surface area contributed by atoms with E-state index in [0.29, 0.717) is 17.0 Å². The van der Waals surface area contributed by atoms with Gasteiger partial charge >= 0.3 is 0 Å². The molecule has 4 rings (SSSR count). The Bertz CT molecular complexity index is 1070. The molecule has 4 aromatic rings. The van der Waals surface area contributed by atoms with Gasteiger partial charge in [-0.15, -0.1) is 0 Å². The molecule has 0 saturated carbocycles. The molecule has 3 heterocycles. The molecule has 3 aromatic heterocycles. The molecule has 0 aliphatic carbocycles. The van der Waals surface area contributed by atoms with Crippen LogP contribution in [-0.2, 0) is 0 Å². The summed E-state index contributed by atoms with van der Waals surface area (Å²) in [5.41, 5.74) is 3.92. The summed E-state index contributed by atoms with van der Waals surface area (Å²) in [6.07, 6.45) is 5.08. The number of pyridine rings is 3. The zero-order chi connectivity index (χ0) is 18.5. The lowest BCUT2D eigenvalue weighted by Crippen LogP contribution is -2.14. The van der Waals surface area contributed by atoms with Gasteiger partial charge in [0.25, 0.3) is 5.91 Å². The first-order valence-electron chi connectivity index (χ1n) is 8.51. The van der Waals surface area contributed by atoms with Crippen LogP contribution in [0.5, 0.6) is 0 Å². The van der Waals surface area contributed by atoms with Crippen molar-refractivity contribution in [3.63, 3.8) is 0 Å². The number of carbonyl (C=O) groups is 1. The fraction of sp³-hybridized carbons (Fsp3) is 0. The maximum absolute atomic E-state index is 12.9. The normalized spacial score (nSPS) is 10.4. The van der Waals surface area contributed by atoms with Gasteiger partial charge in [-0.25, -0.2) is 0 Å². The van der Waals surface area contributed by atoms with Crippen LogP contribution in [0.1, 0.15) is 10.4 Å². The van der Waals surface area contributed by atoms with Gasteiger partial charge < -0.3 is 5.32 Å². The van der Waals surface area contributed by atoms with Gasteiger partial charge in [0, 0.05) is 29.8 Å². The van der Waals surface area contributed by atoms with Gasteiger partial charge in [-0.1, -0.05) is 24.3 Å². The summed E-state index contributed by atoms with van der Waals surface area (Å²) in [7, 11) is 0. The summed E-state index contributed by atoms with van der Waals surface area (Å²) >= 11 is 0. The number of hydrogen-bond acceptors (Lipinski definition) is 4. The third-order valence-corrected chi connectivity index (χ3v) is 4.06. The summed E-state index contributed by atoms with van der Waals surface area (Å²) in [5.74, 6) is -0.234. The van der Waals surface area contributed by atoms with Crippen LogP contribution in [0.15, 0.2) is 91.4 Å². The number of anilines is 1. The number of hydrogen-bond donors (Lipinski definition) is 1. The monoisotopic (exact) mass is 352 g/mol. The Hall–Kier alpha value is -3.86. The van der Waals surface area contributed by atoms with E-state index in [1.165, 1.54) is 0 Å². The van der Waals surface area contributed by atoms with Crippen LogP contribution < -0.4 is 5.32 Å². The average Bonchev–Trinajstić information content (AvgIpc) is 2.75. The van der Waals surface area contributed by atoms with Crippen molar-refractivity contribution >= 4 is 11.6 Å². The lowest BCUT2D eigenvalue weighted by Gasteiger charge is -2.12. The molecule has 130 valence electrons. The molecule has 1 aromatic carbocycles. The second-order valence-corrected chi connectivity index (χ2v) is 5.83. The lowest BCUT2D eigenvalue weighted by atomic mass is 10.0. The Labute approximate surface area is 156 Å². The van der Waals surface area contributed by atoms with E-state index in [1.54, 1.807) is 30.7 Å². The smallest absolute Gasteiger partial charge is 0.257 e. The molecule has 0 bridgehead atoms. The molecule has 1 amide bonds. The standard InChI is InChI=1S/C22H16N4O/c27-22(26-16-8-2-1-3-9-16)18-11-7-15-25-21(18)20-17(10-6-14-24-20)19-12-4-5-13-23-19/h1-15H,(H,26,27). The quantitative estimate of drug-likeness (QED) is 0.589. The largest absolute Gasteiger partial charge is 0.322 e. The summed E-state index contributed by atoms with van der Waals surface area (Å²) in [5, 5.41) is 2.91. The third-order valence-electron chi connectivity index (χ3n) is 4.06. The lowest BCUT2D eigenvalue weighted by molar-refractivity contribution is 0.102. The van der Waals surface area contributed by atoms with E-state index < -0.39 is 0 Å². The van der Waals surface area contributed by atoms with Gasteiger partial charge in [-0.3, -0.25) is 19.7 Å². The second kappa shape index (κ2) is 7.58. The first-order chi connectivity index (χ1) is 13.3. The molecular formula is C22H16N4O. The molecule has 0 aliphatic heterocycles. The second-order valence-electron chi connectivity index (χ2n) is 5.83. The van der Waals surface area contributed by atoms with Crippen LogP contribution in [0.4, 0.5) is 5.69 Å². The molecular weight excluding hydrogens is 336 g/mol. The topological polar surface area (TPSA) is 67.8 Å². The minimum atomic E-state index is -0.234. The maximum atomic E-state index is 12.9. The number of para-hydroxylation sites is 1. The fourth-order valence-corrected chi connectivity index (χ4v) is 2.82. The van der Waals surface area contributed by atoms with Crippen LogP contribution in [0.3, 0.4) is 0 Å². The van der Waals surface area contributed by atoms with E-state index in [-0.39, 0.29) is 5.91 Å². The number of benzene rings is 1. The van der Waals surface area contributed by atoms with E-state index >= 15 is 0 Å². The van der Waals surface area contributed by atoms with Crippen LogP contribution in [0, 0.1) is 0 Å². The molecule has 5 heteroatoms. The molecule has 27 heavy (non-hydrogen) atoms. The van der Waals surface area contributed by atoms with Crippen molar-refractivity contribution in [3.8, 4) is 22.6 Å². The molecule has 0 unspecified atom stereocenters. The van der Waals surface area contributed by atoms with Crippen molar-refractivity contribution in [2.75, 3.05) is 5.32 Å². The predicted octanol–water partition coefficient (Wildman–Crippen LogP) is 4.46. The van der Waals surface area contributed by atoms with Gasteiger partial charge in [0.2, 0.25) is 0 Å². The molecule has 0 spiro atoms. The number of carbonyl (C=O) groups excluding carboxylic acids is 1. The molecule has 0 aliphatic rings. The molecule has 0 fully saturated rings.